The fourth-order valence-corrected chi connectivity index (χ4v) is 8.88. The summed E-state index contributed by atoms with van der Waals surface area (Å²) < 4.78 is 39.3. The second kappa shape index (κ2) is 7.33. The normalized spacial score (nSPS) is 45.6. The fraction of sp³-hybridized carbons (Fsp3) is 1.00. The van der Waals surface area contributed by atoms with E-state index >= 15 is 0 Å². The Balaban J connectivity index is 2.24. The Morgan fingerprint density at radius 1 is 1.36 bits per heavy atom. The molecule has 0 radical (unpaired) electrons. The van der Waals surface area contributed by atoms with Gasteiger partial charge in [0.15, 0.2) is 0 Å². The monoisotopic (exact) mass is 358 g/mol. The van der Waals surface area contributed by atoms with Gasteiger partial charge in [-0.2, -0.15) is 8.42 Å². The molecule has 0 bridgehead atoms. The van der Waals surface area contributed by atoms with E-state index in [0.29, 0.717) is 12.2 Å². The zero-order valence-corrected chi connectivity index (χ0v) is 14.6. The zero-order valence-electron chi connectivity index (χ0n) is 13.0. The van der Waals surface area contributed by atoms with Crippen molar-refractivity contribution in [2.24, 2.45) is 5.92 Å². The highest BCUT2D eigenvalue weighted by Gasteiger charge is 2.44. The minimum atomic E-state index is -4.11. The van der Waals surface area contributed by atoms with Crippen LogP contribution < -0.4 is 0 Å². The number of hydrogen-bond acceptors (Lipinski definition) is 7. The van der Waals surface area contributed by atoms with E-state index in [-0.39, 0.29) is 30.3 Å². The Morgan fingerprint density at radius 3 is 2.73 bits per heavy atom. The van der Waals surface area contributed by atoms with Crippen LogP contribution in [0, 0.1) is 5.92 Å². The zero-order chi connectivity index (χ0) is 16.4. The molecule has 0 aromatic carbocycles. The lowest BCUT2D eigenvalue weighted by Gasteiger charge is -2.40. The summed E-state index contributed by atoms with van der Waals surface area (Å²) in [4.78, 5) is 0. The molecule has 5 atom stereocenters. The van der Waals surface area contributed by atoms with Crippen LogP contribution in [0.5, 0.6) is 0 Å². The minimum Gasteiger partial charge on any atom is -0.395 e. The highest BCUT2D eigenvalue weighted by Crippen LogP contribution is 2.60. The van der Waals surface area contributed by atoms with Gasteiger partial charge in [0, 0.05) is 18.1 Å². The molecule has 132 valence electrons. The van der Waals surface area contributed by atoms with Crippen molar-refractivity contribution in [3.63, 3.8) is 0 Å². The molecule has 2 aliphatic rings. The molecule has 7 nitrogen and oxygen atoms in total. The van der Waals surface area contributed by atoms with Crippen molar-refractivity contribution in [3.8, 4) is 0 Å². The average molecular weight is 358 g/mol. The van der Waals surface area contributed by atoms with E-state index < -0.39 is 32.6 Å². The van der Waals surface area contributed by atoms with Gasteiger partial charge >= 0.3 is 10.4 Å². The van der Waals surface area contributed by atoms with Crippen molar-refractivity contribution in [1.82, 2.24) is 0 Å². The van der Waals surface area contributed by atoms with Gasteiger partial charge in [-0.25, -0.2) is 18.4 Å². The maximum atomic E-state index is 12.0. The number of hydrogen-bond donors (Lipinski definition) is 2. The molecule has 2 N–H and O–H groups in total. The predicted molar refractivity (Wildman–Crippen MR) is 84.2 cm³/mol. The molecule has 0 aromatic rings. The van der Waals surface area contributed by atoms with Crippen LogP contribution in [0.4, 0.5) is 0 Å². The van der Waals surface area contributed by atoms with Crippen molar-refractivity contribution in [1.29, 1.82) is 0 Å². The first-order chi connectivity index (χ1) is 10.3. The molecule has 0 aliphatic carbocycles. The fourth-order valence-electron chi connectivity index (χ4n) is 3.17. The van der Waals surface area contributed by atoms with Gasteiger partial charge in [0.25, 0.3) is 0 Å². The summed E-state index contributed by atoms with van der Waals surface area (Å²) in [6.07, 6.45) is 0.186. The molecular formula is C13H26O7S2. The van der Waals surface area contributed by atoms with E-state index in [1.165, 1.54) is 7.11 Å². The Labute approximate surface area is 133 Å². The lowest BCUT2D eigenvalue weighted by molar-refractivity contribution is 0.0414. The number of rotatable bonds is 3. The molecule has 1 spiro atoms. The van der Waals surface area contributed by atoms with Crippen molar-refractivity contribution in [2.75, 3.05) is 37.8 Å². The third-order valence-electron chi connectivity index (χ3n) is 4.58. The molecular weight excluding hydrogens is 332 g/mol. The molecule has 1 unspecified atom stereocenters. The molecule has 9 heteroatoms. The van der Waals surface area contributed by atoms with Crippen LogP contribution in [0.1, 0.15) is 19.8 Å². The topological polar surface area (TPSA) is 102 Å². The highest BCUT2D eigenvalue weighted by atomic mass is 32.3. The summed E-state index contributed by atoms with van der Waals surface area (Å²) in [5, 5.41) is 19.5. The van der Waals surface area contributed by atoms with Crippen LogP contribution >= 0.6 is 10.0 Å². The summed E-state index contributed by atoms with van der Waals surface area (Å²) in [6.45, 7) is 2.06. The van der Waals surface area contributed by atoms with Gasteiger partial charge in [-0.05, 0) is 24.5 Å². The van der Waals surface area contributed by atoms with Gasteiger partial charge in [0.2, 0.25) is 0 Å². The molecule has 2 fully saturated rings. The summed E-state index contributed by atoms with van der Waals surface area (Å²) in [5.74, 6) is 1.28. The van der Waals surface area contributed by atoms with E-state index in [9.17, 15) is 18.6 Å². The van der Waals surface area contributed by atoms with Crippen LogP contribution in [-0.4, -0.2) is 73.9 Å². The lowest BCUT2D eigenvalue weighted by Crippen LogP contribution is -2.30. The first kappa shape index (κ1) is 18.4. The Kier molecular flexibility index (Phi) is 6.14. The van der Waals surface area contributed by atoms with E-state index in [1.807, 2.05) is 6.92 Å². The second-order valence-corrected chi connectivity index (χ2v) is 11.3. The van der Waals surface area contributed by atoms with Gasteiger partial charge < -0.3 is 14.9 Å². The Morgan fingerprint density at radius 2 is 2.09 bits per heavy atom. The Bertz CT molecular complexity index is 469. The maximum Gasteiger partial charge on any atom is 0.400 e. The van der Waals surface area contributed by atoms with Gasteiger partial charge in [0.05, 0.1) is 25.3 Å². The van der Waals surface area contributed by atoms with Crippen LogP contribution in [0.2, 0.25) is 0 Å². The smallest absolute Gasteiger partial charge is 0.395 e. The number of methoxy groups -OCH3 is 1. The van der Waals surface area contributed by atoms with Crippen molar-refractivity contribution in [2.45, 2.75) is 37.2 Å². The Hall–Kier alpha value is 0.1000. The molecule has 2 saturated heterocycles. The SMILES string of the molecule is COC[C@@H]1OS(=O)(=O)OCS2(CC[C@H]1C)C[C@@H](O)C[C@H]2CO. The van der Waals surface area contributed by atoms with Crippen LogP contribution in [0.15, 0.2) is 0 Å². The van der Waals surface area contributed by atoms with E-state index in [4.69, 9.17) is 13.1 Å². The summed E-state index contributed by atoms with van der Waals surface area (Å²) >= 11 is 0. The molecule has 2 rings (SSSR count). The maximum absolute atomic E-state index is 12.0. The van der Waals surface area contributed by atoms with Crippen LogP contribution in [0.25, 0.3) is 0 Å². The first-order valence-corrected chi connectivity index (χ1v) is 11.0. The van der Waals surface area contributed by atoms with Crippen LogP contribution in [-0.2, 0) is 23.5 Å². The minimum absolute atomic E-state index is 0.0158. The van der Waals surface area contributed by atoms with Gasteiger partial charge in [-0.3, -0.25) is 0 Å². The molecule has 0 aromatic heterocycles. The van der Waals surface area contributed by atoms with Crippen molar-refractivity contribution >= 4 is 20.4 Å². The van der Waals surface area contributed by atoms with Crippen LogP contribution in [0.3, 0.4) is 0 Å². The predicted octanol–water partition coefficient (Wildman–Crippen LogP) is 0.207. The second-order valence-electron chi connectivity index (χ2n) is 6.18. The van der Waals surface area contributed by atoms with Crippen molar-refractivity contribution < 1.29 is 31.7 Å². The average Bonchev–Trinajstić information content (AvgIpc) is 2.79. The molecule has 22 heavy (non-hydrogen) atoms. The third-order valence-corrected chi connectivity index (χ3v) is 10.1. The number of aliphatic hydroxyl groups is 2. The van der Waals surface area contributed by atoms with Gasteiger partial charge in [-0.1, -0.05) is 6.92 Å². The van der Waals surface area contributed by atoms with Gasteiger partial charge in [-0.15, -0.1) is 0 Å². The highest BCUT2D eigenvalue weighted by molar-refractivity contribution is 8.34. The molecule has 0 amide bonds. The molecule has 0 saturated carbocycles. The lowest BCUT2D eigenvalue weighted by atomic mass is 10.0. The molecule has 2 aliphatic heterocycles. The van der Waals surface area contributed by atoms with Gasteiger partial charge in [0.1, 0.15) is 6.10 Å². The largest absolute Gasteiger partial charge is 0.400 e. The van der Waals surface area contributed by atoms with E-state index in [1.54, 1.807) is 0 Å². The standard InChI is InChI=1S/C13H26O7S2/c1-10-3-4-21(8-11(15)5-12(21)6-14)9-19-22(16,17)20-13(10)7-18-2/h10-15H,3-9H2,1-2H3/t10-,11+,12+,13+/m1/s1. The number of aliphatic hydroxyl groups excluding tert-OH is 2. The van der Waals surface area contributed by atoms with Crippen molar-refractivity contribution in [3.05, 3.63) is 0 Å². The first-order valence-electron chi connectivity index (χ1n) is 7.42. The quantitative estimate of drug-likeness (QED) is 0.743. The van der Waals surface area contributed by atoms with E-state index in [2.05, 4.69) is 0 Å². The summed E-state index contributed by atoms with van der Waals surface area (Å²) in [5.41, 5.74) is 0. The summed E-state index contributed by atoms with van der Waals surface area (Å²) in [7, 11) is -4.16. The molecule has 2 heterocycles. The number of ether oxygens (including phenoxy) is 1. The summed E-state index contributed by atoms with van der Waals surface area (Å²) in [6, 6.07) is 0. The van der Waals surface area contributed by atoms with E-state index in [0.717, 1.165) is 12.2 Å². The third kappa shape index (κ3) is 4.14.